The highest BCUT2D eigenvalue weighted by Gasteiger charge is 2.30. The van der Waals surface area contributed by atoms with Crippen molar-refractivity contribution in [1.29, 1.82) is 0 Å². The van der Waals surface area contributed by atoms with E-state index in [-0.39, 0.29) is 11.9 Å². The second kappa shape index (κ2) is 7.86. The van der Waals surface area contributed by atoms with Crippen LogP contribution in [0.5, 0.6) is 0 Å². The van der Waals surface area contributed by atoms with Gasteiger partial charge in [0.25, 0.3) is 5.91 Å². The van der Waals surface area contributed by atoms with Gasteiger partial charge in [0, 0.05) is 17.8 Å². The topological polar surface area (TPSA) is 38.1 Å². The smallest absolute Gasteiger partial charge is 0.254 e. The molecule has 150 valence electrons. The Kier molecular flexibility index (Phi) is 5.27. The molecule has 1 saturated heterocycles. The minimum absolute atomic E-state index is 0.126. The average molecular weight is 388 g/mol. The third-order valence-corrected chi connectivity index (χ3v) is 6.04. The van der Waals surface area contributed by atoms with Gasteiger partial charge in [0.15, 0.2) is 0 Å². The van der Waals surface area contributed by atoms with Gasteiger partial charge in [-0.05, 0) is 81.0 Å². The number of aromatic nitrogens is 2. The summed E-state index contributed by atoms with van der Waals surface area (Å²) < 4.78 is 1.99. The van der Waals surface area contributed by atoms with E-state index >= 15 is 0 Å². The van der Waals surface area contributed by atoms with Gasteiger partial charge in [0.2, 0.25) is 0 Å². The lowest BCUT2D eigenvalue weighted by Gasteiger charge is -2.26. The van der Waals surface area contributed by atoms with Crippen molar-refractivity contribution in [3.8, 4) is 0 Å². The summed E-state index contributed by atoms with van der Waals surface area (Å²) in [6.45, 7) is 9.84. The summed E-state index contributed by atoms with van der Waals surface area (Å²) in [5.41, 5.74) is 7.84. The zero-order chi connectivity index (χ0) is 20.5. The van der Waals surface area contributed by atoms with Crippen LogP contribution < -0.4 is 0 Å². The molecule has 0 bridgehead atoms. The SMILES string of the molecule is Cc1cc(C)n(Cc2cccc(C(=O)N3CCCC3c3ccc(C)c(C)c3)c2)n1. The Balaban J connectivity index is 1.57. The molecular weight excluding hydrogens is 358 g/mol. The molecule has 0 N–H and O–H groups in total. The maximum absolute atomic E-state index is 13.4. The third-order valence-electron chi connectivity index (χ3n) is 6.04. The van der Waals surface area contributed by atoms with E-state index in [2.05, 4.69) is 56.2 Å². The first-order valence-electron chi connectivity index (χ1n) is 10.4. The van der Waals surface area contributed by atoms with Crippen LogP contribution in [0.3, 0.4) is 0 Å². The maximum Gasteiger partial charge on any atom is 0.254 e. The fourth-order valence-electron chi connectivity index (χ4n) is 4.30. The van der Waals surface area contributed by atoms with Crippen LogP contribution in [-0.2, 0) is 6.54 Å². The van der Waals surface area contributed by atoms with Gasteiger partial charge in [-0.1, -0.05) is 30.3 Å². The zero-order valence-electron chi connectivity index (χ0n) is 17.8. The second-order valence-corrected chi connectivity index (χ2v) is 8.29. The van der Waals surface area contributed by atoms with Crippen LogP contribution in [-0.4, -0.2) is 27.1 Å². The Labute approximate surface area is 173 Å². The Hall–Kier alpha value is -2.88. The lowest BCUT2D eigenvalue weighted by atomic mass is 9.99. The molecule has 0 radical (unpaired) electrons. The van der Waals surface area contributed by atoms with E-state index in [1.807, 2.05) is 34.7 Å². The molecule has 4 nitrogen and oxygen atoms in total. The molecule has 0 aliphatic carbocycles. The predicted octanol–water partition coefficient (Wildman–Crippen LogP) is 5.14. The number of benzene rings is 2. The number of hydrogen-bond donors (Lipinski definition) is 0. The largest absolute Gasteiger partial charge is 0.332 e. The Morgan fingerprint density at radius 2 is 1.86 bits per heavy atom. The van der Waals surface area contributed by atoms with Crippen LogP contribution >= 0.6 is 0 Å². The van der Waals surface area contributed by atoms with E-state index in [1.54, 1.807) is 0 Å². The Morgan fingerprint density at radius 1 is 1.03 bits per heavy atom. The number of rotatable bonds is 4. The van der Waals surface area contributed by atoms with Gasteiger partial charge in [0.05, 0.1) is 18.3 Å². The molecule has 1 aliphatic rings. The van der Waals surface area contributed by atoms with Crippen LogP contribution in [0.2, 0.25) is 0 Å². The molecule has 2 aromatic carbocycles. The fraction of sp³-hybridized carbons (Fsp3) is 0.360. The zero-order valence-corrected chi connectivity index (χ0v) is 17.8. The first-order valence-corrected chi connectivity index (χ1v) is 10.4. The summed E-state index contributed by atoms with van der Waals surface area (Å²) in [5, 5.41) is 4.55. The number of carbonyl (C=O) groups excluding carboxylic acids is 1. The molecule has 1 aromatic heterocycles. The number of hydrogen-bond acceptors (Lipinski definition) is 2. The number of nitrogens with zero attached hydrogens (tertiary/aromatic N) is 3. The highest BCUT2D eigenvalue weighted by molar-refractivity contribution is 5.94. The molecule has 29 heavy (non-hydrogen) atoms. The average Bonchev–Trinajstić information content (AvgIpc) is 3.30. The summed E-state index contributed by atoms with van der Waals surface area (Å²) in [5.74, 6) is 0.126. The quantitative estimate of drug-likeness (QED) is 0.621. The monoisotopic (exact) mass is 387 g/mol. The van der Waals surface area contributed by atoms with Gasteiger partial charge in [-0.2, -0.15) is 5.10 Å². The molecule has 0 spiro atoms. The van der Waals surface area contributed by atoms with Crippen molar-refractivity contribution in [3.05, 3.63) is 87.7 Å². The maximum atomic E-state index is 13.4. The Bertz CT molecular complexity index is 1050. The van der Waals surface area contributed by atoms with Crippen LogP contribution in [0.1, 0.15) is 62.9 Å². The summed E-state index contributed by atoms with van der Waals surface area (Å²) in [6, 6.07) is 16.8. The van der Waals surface area contributed by atoms with E-state index in [4.69, 9.17) is 0 Å². The van der Waals surface area contributed by atoms with Crippen molar-refractivity contribution in [3.63, 3.8) is 0 Å². The molecule has 0 saturated carbocycles. The van der Waals surface area contributed by atoms with Crippen molar-refractivity contribution in [2.24, 2.45) is 0 Å². The number of aryl methyl sites for hydroxylation is 4. The van der Waals surface area contributed by atoms with Crippen LogP contribution in [0, 0.1) is 27.7 Å². The van der Waals surface area contributed by atoms with Crippen LogP contribution in [0.25, 0.3) is 0 Å². The van der Waals surface area contributed by atoms with E-state index in [0.29, 0.717) is 6.54 Å². The van der Waals surface area contributed by atoms with E-state index in [0.717, 1.165) is 41.9 Å². The van der Waals surface area contributed by atoms with Gasteiger partial charge in [0.1, 0.15) is 0 Å². The molecule has 4 rings (SSSR count). The summed E-state index contributed by atoms with van der Waals surface area (Å²) >= 11 is 0. The predicted molar refractivity (Wildman–Crippen MR) is 116 cm³/mol. The normalized spacial score (nSPS) is 16.4. The third kappa shape index (κ3) is 3.98. The standard InChI is InChI=1S/C25H29N3O/c1-17-10-11-22(13-18(17)2)24-9-6-12-27(24)25(29)23-8-5-7-21(15-23)16-28-20(4)14-19(3)26-28/h5,7-8,10-11,13-15,24H,6,9,12,16H2,1-4H3. The van der Waals surface area contributed by atoms with Gasteiger partial charge in [-0.15, -0.1) is 0 Å². The molecule has 1 amide bonds. The lowest BCUT2D eigenvalue weighted by Crippen LogP contribution is -2.30. The number of amides is 1. The van der Waals surface area contributed by atoms with Crippen molar-refractivity contribution < 1.29 is 4.79 Å². The molecule has 1 unspecified atom stereocenters. The van der Waals surface area contributed by atoms with Gasteiger partial charge >= 0.3 is 0 Å². The fourth-order valence-corrected chi connectivity index (χ4v) is 4.30. The molecule has 1 atom stereocenters. The minimum atomic E-state index is 0.126. The van der Waals surface area contributed by atoms with Gasteiger partial charge < -0.3 is 4.90 Å². The highest BCUT2D eigenvalue weighted by Crippen LogP contribution is 2.34. The molecular formula is C25H29N3O. The summed E-state index contributed by atoms with van der Waals surface area (Å²) in [4.78, 5) is 15.4. The molecule has 4 heteroatoms. The van der Waals surface area contributed by atoms with Crippen LogP contribution in [0.4, 0.5) is 0 Å². The van der Waals surface area contributed by atoms with Gasteiger partial charge in [-0.25, -0.2) is 0 Å². The van der Waals surface area contributed by atoms with Gasteiger partial charge in [-0.3, -0.25) is 9.48 Å². The van der Waals surface area contributed by atoms with Crippen molar-refractivity contribution >= 4 is 5.91 Å². The summed E-state index contributed by atoms with van der Waals surface area (Å²) in [6.07, 6.45) is 2.08. The van der Waals surface area contributed by atoms with Crippen LogP contribution in [0.15, 0.2) is 48.5 Å². The van der Waals surface area contributed by atoms with Crippen molar-refractivity contribution in [2.75, 3.05) is 6.54 Å². The molecule has 1 fully saturated rings. The molecule has 3 aromatic rings. The van der Waals surface area contributed by atoms with Crippen molar-refractivity contribution in [2.45, 2.75) is 53.1 Å². The first-order chi connectivity index (χ1) is 13.9. The molecule has 2 heterocycles. The number of likely N-dealkylation sites (tertiary alicyclic amines) is 1. The van der Waals surface area contributed by atoms with Crippen molar-refractivity contribution in [1.82, 2.24) is 14.7 Å². The van der Waals surface area contributed by atoms with E-state index in [1.165, 1.54) is 16.7 Å². The molecule has 1 aliphatic heterocycles. The first kappa shape index (κ1) is 19.4. The summed E-state index contributed by atoms with van der Waals surface area (Å²) in [7, 11) is 0. The lowest BCUT2D eigenvalue weighted by molar-refractivity contribution is 0.0735. The van der Waals surface area contributed by atoms with E-state index in [9.17, 15) is 4.79 Å². The highest BCUT2D eigenvalue weighted by atomic mass is 16.2. The van der Waals surface area contributed by atoms with E-state index < -0.39 is 0 Å². The number of carbonyl (C=O) groups is 1. The minimum Gasteiger partial charge on any atom is -0.332 e. The second-order valence-electron chi connectivity index (χ2n) is 8.29. The Morgan fingerprint density at radius 3 is 2.59 bits per heavy atom.